The summed E-state index contributed by atoms with van der Waals surface area (Å²) in [7, 11) is 0. The van der Waals surface area contributed by atoms with Crippen molar-refractivity contribution in [2.24, 2.45) is 0 Å². The molecule has 110 valence electrons. The van der Waals surface area contributed by atoms with Crippen molar-refractivity contribution < 1.29 is 4.74 Å². The van der Waals surface area contributed by atoms with Crippen LogP contribution in [0.25, 0.3) is 0 Å². The molecule has 0 bridgehead atoms. The number of fused-ring (bicyclic) bond motifs is 1. The van der Waals surface area contributed by atoms with Crippen LogP contribution < -0.4 is 15.0 Å². The molecule has 2 aromatic rings. The number of hydrogen-bond acceptors (Lipinski definition) is 4. The maximum atomic E-state index is 5.81. The first-order chi connectivity index (χ1) is 10.4. The Labute approximate surface area is 125 Å². The molecular weight excluding hydrogens is 262 g/mol. The lowest BCUT2D eigenvalue weighted by molar-refractivity contribution is 0.331. The van der Waals surface area contributed by atoms with Gasteiger partial charge in [-0.1, -0.05) is 25.1 Å². The molecule has 0 atom stereocenters. The van der Waals surface area contributed by atoms with Gasteiger partial charge in [0.25, 0.3) is 0 Å². The van der Waals surface area contributed by atoms with Crippen LogP contribution in [-0.4, -0.2) is 24.7 Å². The van der Waals surface area contributed by atoms with Crippen molar-refractivity contribution in [3.05, 3.63) is 53.7 Å². The molecule has 1 aromatic carbocycles. The van der Waals surface area contributed by atoms with E-state index >= 15 is 0 Å². The fraction of sp³-hybridized carbons (Fsp3) is 0.353. The molecule has 1 aromatic heterocycles. The zero-order valence-electron chi connectivity index (χ0n) is 12.4. The Bertz CT molecular complexity index is 600. The molecule has 0 aliphatic carbocycles. The van der Waals surface area contributed by atoms with Gasteiger partial charge in [0.15, 0.2) is 0 Å². The first kappa shape index (κ1) is 13.9. The lowest BCUT2D eigenvalue weighted by atomic mass is 10.2. The molecule has 0 spiro atoms. The Morgan fingerprint density at radius 1 is 1.29 bits per heavy atom. The number of para-hydroxylation sites is 1. The van der Waals surface area contributed by atoms with E-state index in [9.17, 15) is 0 Å². The van der Waals surface area contributed by atoms with Crippen molar-refractivity contribution in [2.75, 3.05) is 24.6 Å². The van der Waals surface area contributed by atoms with Crippen LogP contribution in [0.3, 0.4) is 0 Å². The number of ether oxygens (including phenoxy) is 1. The van der Waals surface area contributed by atoms with E-state index in [1.165, 1.54) is 11.1 Å². The van der Waals surface area contributed by atoms with Crippen molar-refractivity contribution in [2.45, 2.75) is 20.0 Å². The number of benzene rings is 1. The van der Waals surface area contributed by atoms with Crippen molar-refractivity contribution in [3.8, 4) is 5.75 Å². The Kier molecular flexibility index (Phi) is 4.36. The molecule has 1 aliphatic rings. The summed E-state index contributed by atoms with van der Waals surface area (Å²) in [5.41, 5.74) is 2.48. The molecule has 0 saturated heterocycles. The minimum absolute atomic E-state index is 0.691. The van der Waals surface area contributed by atoms with Gasteiger partial charge in [-0.2, -0.15) is 0 Å². The zero-order valence-corrected chi connectivity index (χ0v) is 12.4. The van der Waals surface area contributed by atoms with Crippen LogP contribution in [0.5, 0.6) is 5.75 Å². The number of nitrogens with one attached hydrogen (secondary N) is 1. The fourth-order valence-corrected chi connectivity index (χ4v) is 2.53. The number of rotatable bonds is 4. The maximum absolute atomic E-state index is 5.81. The normalized spacial score (nSPS) is 14.2. The van der Waals surface area contributed by atoms with Gasteiger partial charge >= 0.3 is 0 Å². The fourth-order valence-electron chi connectivity index (χ4n) is 2.53. The smallest absolute Gasteiger partial charge is 0.129 e. The standard InChI is InChI=1S/C17H21N3O/c1-2-18-12-14-7-8-19-17(11-14)20-9-10-21-16-6-4-3-5-15(16)13-20/h3-8,11,18H,2,9-10,12-13H2,1H3. The number of anilines is 1. The van der Waals surface area contributed by atoms with Gasteiger partial charge < -0.3 is 15.0 Å². The third-order valence-corrected chi connectivity index (χ3v) is 3.67. The summed E-state index contributed by atoms with van der Waals surface area (Å²) in [6, 6.07) is 12.5. The highest BCUT2D eigenvalue weighted by Gasteiger charge is 2.16. The number of aromatic nitrogens is 1. The largest absolute Gasteiger partial charge is 0.491 e. The third kappa shape index (κ3) is 3.34. The molecule has 0 radical (unpaired) electrons. The molecule has 4 nitrogen and oxygen atoms in total. The first-order valence-electron chi connectivity index (χ1n) is 7.48. The van der Waals surface area contributed by atoms with E-state index < -0.39 is 0 Å². The van der Waals surface area contributed by atoms with Gasteiger partial charge in [0.1, 0.15) is 18.2 Å². The SMILES string of the molecule is CCNCc1ccnc(N2CCOc3ccccc3C2)c1. The molecule has 4 heteroatoms. The second-order valence-electron chi connectivity index (χ2n) is 5.18. The van der Waals surface area contributed by atoms with E-state index in [1.807, 2.05) is 18.3 Å². The second-order valence-corrected chi connectivity index (χ2v) is 5.18. The molecule has 3 rings (SSSR count). The maximum Gasteiger partial charge on any atom is 0.129 e. The summed E-state index contributed by atoms with van der Waals surface area (Å²) in [5, 5.41) is 3.35. The Hall–Kier alpha value is -2.07. The average molecular weight is 283 g/mol. The van der Waals surface area contributed by atoms with Crippen LogP contribution in [0.2, 0.25) is 0 Å². The summed E-state index contributed by atoms with van der Waals surface area (Å²) in [4.78, 5) is 6.81. The monoisotopic (exact) mass is 283 g/mol. The van der Waals surface area contributed by atoms with E-state index in [1.54, 1.807) is 0 Å². The van der Waals surface area contributed by atoms with Crippen LogP contribution in [-0.2, 0) is 13.1 Å². The molecule has 0 fully saturated rings. The Morgan fingerprint density at radius 2 is 2.19 bits per heavy atom. The molecule has 0 unspecified atom stereocenters. The average Bonchev–Trinajstić information content (AvgIpc) is 2.75. The van der Waals surface area contributed by atoms with Crippen LogP contribution in [0.1, 0.15) is 18.1 Å². The van der Waals surface area contributed by atoms with E-state index in [-0.39, 0.29) is 0 Å². The number of nitrogens with zero attached hydrogens (tertiary/aromatic N) is 2. The number of hydrogen-bond donors (Lipinski definition) is 1. The van der Waals surface area contributed by atoms with Gasteiger partial charge in [-0.25, -0.2) is 4.98 Å². The minimum Gasteiger partial charge on any atom is -0.491 e. The lowest BCUT2D eigenvalue weighted by Gasteiger charge is -2.21. The van der Waals surface area contributed by atoms with Gasteiger partial charge in [-0.15, -0.1) is 0 Å². The van der Waals surface area contributed by atoms with Gasteiger partial charge in [-0.05, 0) is 30.3 Å². The summed E-state index contributed by atoms with van der Waals surface area (Å²) >= 11 is 0. The van der Waals surface area contributed by atoms with Crippen molar-refractivity contribution in [1.82, 2.24) is 10.3 Å². The van der Waals surface area contributed by atoms with Crippen molar-refractivity contribution in [1.29, 1.82) is 0 Å². The molecule has 2 heterocycles. The minimum atomic E-state index is 0.691. The topological polar surface area (TPSA) is 37.4 Å². The predicted octanol–water partition coefficient (Wildman–Crippen LogP) is 2.59. The predicted molar refractivity (Wildman–Crippen MR) is 84.6 cm³/mol. The van der Waals surface area contributed by atoms with E-state index in [0.29, 0.717) is 6.61 Å². The summed E-state index contributed by atoms with van der Waals surface area (Å²) < 4.78 is 5.81. The van der Waals surface area contributed by atoms with Gasteiger partial charge in [0, 0.05) is 24.8 Å². The van der Waals surface area contributed by atoms with Crippen LogP contribution in [0, 0.1) is 0 Å². The summed E-state index contributed by atoms with van der Waals surface area (Å²) in [5.74, 6) is 2.01. The Balaban J connectivity index is 1.80. The summed E-state index contributed by atoms with van der Waals surface area (Å²) in [6.07, 6.45) is 1.89. The van der Waals surface area contributed by atoms with Gasteiger partial charge in [-0.3, -0.25) is 0 Å². The quantitative estimate of drug-likeness (QED) is 0.936. The summed E-state index contributed by atoms with van der Waals surface area (Å²) in [6.45, 7) is 6.36. The molecule has 1 aliphatic heterocycles. The van der Waals surface area contributed by atoms with E-state index in [4.69, 9.17) is 4.74 Å². The lowest BCUT2D eigenvalue weighted by Crippen LogP contribution is -2.26. The van der Waals surface area contributed by atoms with E-state index in [2.05, 4.69) is 46.4 Å². The van der Waals surface area contributed by atoms with Crippen molar-refractivity contribution in [3.63, 3.8) is 0 Å². The van der Waals surface area contributed by atoms with Crippen LogP contribution in [0.4, 0.5) is 5.82 Å². The molecular formula is C17H21N3O. The first-order valence-corrected chi connectivity index (χ1v) is 7.48. The molecule has 1 N–H and O–H groups in total. The highest BCUT2D eigenvalue weighted by atomic mass is 16.5. The highest BCUT2D eigenvalue weighted by Crippen LogP contribution is 2.25. The molecule has 0 amide bonds. The van der Waals surface area contributed by atoms with Crippen LogP contribution >= 0.6 is 0 Å². The molecule has 21 heavy (non-hydrogen) atoms. The highest BCUT2D eigenvalue weighted by molar-refractivity contribution is 5.45. The second kappa shape index (κ2) is 6.59. The van der Waals surface area contributed by atoms with E-state index in [0.717, 1.165) is 37.7 Å². The van der Waals surface area contributed by atoms with Gasteiger partial charge in [0.2, 0.25) is 0 Å². The van der Waals surface area contributed by atoms with Crippen LogP contribution in [0.15, 0.2) is 42.6 Å². The Morgan fingerprint density at radius 3 is 3.10 bits per heavy atom. The number of pyridine rings is 1. The van der Waals surface area contributed by atoms with Crippen molar-refractivity contribution >= 4 is 5.82 Å². The zero-order chi connectivity index (χ0) is 14.5. The molecule has 0 saturated carbocycles. The third-order valence-electron chi connectivity index (χ3n) is 3.67. The van der Waals surface area contributed by atoms with Gasteiger partial charge in [0.05, 0.1) is 6.54 Å².